The summed E-state index contributed by atoms with van der Waals surface area (Å²) >= 11 is 5.91. The molecule has 0 saturated carbocycles. The summed E-state index contributed by atoms with van der Waals surface area (Å²) in [7, 11) is 0. The standard InChI is InChI=1S/C18H21ClN6O2/c1-13(16(26)23-15-5-2-4-14(19)12-15)22-18(27)25-10-8-24(9-11-25)17-20-6-3-7-21-17/h2-7,12-13H,8-11H2,1H3,(H,22,27)(H,23,26)/t13-/m1/s1. The van der Waals surface area contributed by atoms with Gasteiger partial charge in [-0.15, -0.1) is 0 Å². The van der Waals surface area contributed by atoms with Crippen molar-refractivity contribution in [2.45, 2.75) is 13.0 Å². The summed E-state index contributed by atoms with van der Waals surface area (Å²) in [6, 6.07) is 7.69. The molecule has 0 radical (unpaired) electrons. The third kappa shape index (κ3) is 5.07. The molecule has 1 aliphatic heterocycles. The highest BCUT2D eigenvalue weighted by Crippen LogP contribution is 2.15. The van der Waals surface area contributed by atoms with Gasteiger partial charge in [-0.05, 0) is 31.2 Å². The molecule has 1 atom stereocenters. The number of carbonyl (C=O) groups is 2. The van der Waals surface area contributed by atoms with Gasteiger partial charge >= 0.3 is 6.03 Å². The molecule has 1 aliphatic rings. The second kappa shape index (κ2) is 8.68. The molecule has 0 aliphatic carbocycles. The van der Waals surface area contributed by atoms with Gasteiger partial charge in [0, 0.05) is 49.3 Å². The minimum Gasteiger partial charge on any atom is -0.337 e. The van der Waals surface area contributed by atoms with Crippen molar-refractivity contribution in [1.29, 1.82) is 0 Å². The highest BCUT2D eigenvalue weighted by atomic mass is 35.5. The van der Waals surface area contributed by atoms with E-state index in [2.05, 4.69) is 20.6 Å². The van der Waals surface area contributed by atoms with Crippen molar-refractivity contribution in [3.63, 3.8) is 0 Å². The van der Waals surface area contributed by atoms with Crippen LogP contribution in [0.25, 0.3) is 0 Å². The van der Waals surface area contributed by atoms with Crippen molar-refractivity contribution in [3.05, 3.63) is 47.7 Å². The van der Waals surface area contributed by atoms with E-state index in [-0.39, 0.29) is 11.9 Å². The molecule has 2 heterocycles. The molecule has 3 amide bonds. The Morgan fingerprint density at radius 1 is 1.11 bits per heavy atom. The van der Waals surface area contributed by atoms with Crippen molar-refractivity contribution in [3.8, 4) is 0 Å². The topological polar surface area (TPSA) is 90.5 Å². The summed E-state index contributed by atoms with van der Waals surface area (Å²) in [5.41, 5.74) is 0.588. The van der Waals surface area contributed by atoms with Crippen LogP contribution in [0, 0.1) is 0 Å². The second-order valence-corrected chi connectivity index (χ2v) is 6.63. The number of carbonyl (C=O) groups excluding carboxylic acids is 2. The first-order valence-electron chi connectivity index (χ1n) is 8.67. The summed E-state index contributed by atoms with van der Waals surface area (Å²) in [4.78, 5) is 36.9. The van der Waals surface area contributed by atoms with Crippen molar-refractivity contribution in [1.82, 2.24) is 20.2 Å². The summed E-state index contributed by atoms with van der Waals surface area (Å²) in [5.74, 6) is 0.355. The Kier molecular flexibility index (Phi) is 6.08. The van der Waals surface area contributed by atoms with E-state index >= 15 is 0 Å². The van der Waals surface area contributed by atoms with Crippen LogP contribution in [-0.2, 0) is 4.79 Å². The molecular weight excluding hydrogens is 368 g/mol. The predicted octanol–water partition coefficient (Wildman–Crippen LogP) is 1.99. The minimum absolute atomic E-state index is 0.266. The number of benzene rings is 1. The average molecular weight is 389 g/mol. The van der Waals surface area contributed by atoms with Gasteiger partial charge in [0.1, 0.15) is 6.04 Å². The van der Waals surface area contributed by atoms with Gasteiger partial charge < -0.3 is 20.4 Å². The zero-order valence-corrected chi connectivity index (χ0v) is 15.7. The van der Waals surface area contributed by atoms with Gasteiger partial charge in [0.15, 0.2) is 0 Å². The molecule has 142 valence electrons. The van der Waals surface area contributed by atoms with E-state index in [1.165, 1.54) is 0 Å². The third-order valence-corrected chi connectivity index (χ3v) is 4.46. The maximum absolute atomic E-state index is 12.4. The molecule has 8 nitrogen and oxygen atoms in total. The third-order valence-electron chi connectivity index (χ3n) is 4.23. The molecule has 0 bridgehead atoms. The first kappa shape index (κ1) is 18.9. The van der Waals surface area contributed by atoms with Gasteiger partial charge in [-0.1, -0.05) is 17.7 Å². The lowest BCUT2D eigenvalue weighted by Crippen LogP contribution is -2.55. The Labute approximate surface area is 162 Å². The van der Waals surface area contributed by atoms with Crippen LogP contribution in [0.1, 0.15) is 6.92 Å². The van der Waals surface area contributed by atoms with Crippen LogP contribution in [-0.4, -0.2) is 59.0 Å². The lowest BCUT2D eigenvalue weighted by Gasteiger charge is -2.35. The van der Waals surface area contributed by atoms with E-state index in [4.69, 9.17) is 11.6 Å². The number of nitrogens with one attached hydrogen (secondary N) is 2. The fraction of sp³-hybridized carbons (Fsp3) is 0.333. The van der Waals surface area contributed by atoms with E-state index in [9.17, 15) is 9.59 Å². The van der Waals surface area contributed by atoms with Gasteiger partial charge in [-0.2, -0.15) is 0 Å². The van der Waals surface area contributed by atoms with Crippen molar-refractivity contribution < 1.29 is 9.59 Å². The highest BCUT2D eigenvalue weighted by molar-refractivity contribution is 6.30. The van der Waals surface area contributed by atoms with Crippen LogP contribution in [0.4, 0.5) is 16.4 Å². The van der Waals surface area contributed by atoms with Crippen LogP contribution in [0.3, 0.4) is 0 Å². The molecule has 1 saturated heterocycles. The molecule has 1 aromatic carbocycles. The molecule has 3 rings (SSSR count). The lowest BCUT2D eigenvalue weighted by molar-refractivity contribution is -0.117. The monoisotopic (exact) mass is 388 g/mol. The van der Waals surface area contributed by atoms with Gasteiger partial charge in [-0.3, -0.25) is 4.79 Å². The van der Waals surface area contributed by atoms with E-state index in [1.807, 2.05) is 4.90 Å². The fourth-order valence-electron chi connectivity index (χ4n) is 2.72. The summed E-state index contributed by atoms with van der Waals surface area (Å²) in [6.07, 6.45) is 3.39. The first-order valence-corrected chi connectivity index (χ1v) is 9.04. The second-order valence-electron chi connectivity index (χ2n) is 6.19. The van der Waals surface area contributed by atoms with Gasteiger partial charge in [0.25, 0.3) is 0 Å². The van der Waals surface area contributed by atoms with Crippen LogP contribution < -0.4 is 15.5 Å². The van der Waals surface area contributed by atoms with Crippen LogP contribution in [0.15, 0.2) is 42.7 Å². The average Bonchev–Trinajstić information content (AvgIpc) is 2.68. The molecule has 0 spiro atoms. The Bertz CT molecular complexity index is 795. The van der Waals surface area contributed by atoms with Crippen LogP contribution >= 0.6 is 11.6 Å². The minimum atomic E-state index is -0.674. The lowest BCUT2D eigenvalue weighted by atomic mass is 10.2. The molecule has 1 aromatic heterocycles. The summed E-state index contributed by atoms with van der Waals surface area (Å²) < 4.78 is 0. The van der Waals surface area contributed by atoms with Crippen molar-refractivity contribution in [2.24, 2.45) is 0 Å². The number of halogens is 1. The van der Waals surface area contributed by atoms with Gasteiger partial charge in [0.05, 0.1) is 0 Å². The quantitative estimate of drug-likeness (QED) is 0.835. The molecule has 2 aromatic rings. The Hall–Kier alpha value is -2.87. The zero-order valence-electron chi connectivity index (χ0n) is 14.9. The van der Waals surface area contributed by atoms with Crippen LogP contribution in [0.5, 0.6) is 0 Å². The number of hydrogen-bond donors (Lipinski definition) is 2. The normalized spacial score (nSPS) is 15.2. The number of anilines is 2. The number of hydrogen-bond acceptors (Lipinski definition) is 5. The summed E-state index contributed by atoms with van der Waals surface area (Å²) in [5, 5.41) is 6.00. The molecule has 2 N–H and O–H groups in total. The summed E-state index contributed by atoms with van der Waals surface area (Å²) in [6.45, 7) is 3.99. The van der Waals surface area contributed by atoms with E-state index in [0.717, 1.165) is 0 Å². The van der Waals surface area contributed by atoms with E-state index in [1.54, 1.807) is 54.5 Å². The zero-order chi connectivity index (χ0) is 19.2. The Balaban J connectivity index is 1.48. The first-order chi connectivity index (χ1) is 13.0. The largest absolute Gasteiger partial charge is 0.337 e. The number of nitrogens with zero attached hydrogens (tertiary/aromatic N) is 4. The number of rotatable bonds is 4. The fourth-order valence-corrected chi connectivity index (χ4v) is 2.91. The highest BCUT2D eigenvalue weighted by Gasteiger charge is 2.24. The molecule has 0 unspecified atom stereocenters. The van der Waals surface area contributed by atoms with Gasteiger partial charge in [0.2, 0.25) is 11.9 Å². The van der Waals surface area contributed by atoms with E-state index < -0.39 is 6.04 Å². The molecule has 27 heavy (non-hydrogen) atoms. The van der Waals surface area contributed by atoms with Crippen molar-refractivity contribution in [2.75, 3.05) is 36.4 Å². The Morgan fingerprint density at radius 2 is 1.81 bits per heavy atom. The predicted molar refractivity (Wildman–Crippen MR) is 104 cm³/mol. The SMILES string of the molecule is C[C@@H](NC(=O)N1CCN(c2ncccn2)CC1)C(=O)Nc1cccc(Cl)c1. The smallest absolute Gasteiger partial charge is 0.318 e. The molecule has 9 heteroatoms. The Morgan fingerprint density at radius 3 is 2.48 bits per heavy atom. The molecule has 1 fully saturated rings. The van der Waals surface area contributed by atoms with E-state index in [0.29, 0.717) is 42.8 Å². The number of amides is 3. The number of aromatic nitrogens is 2. The van der Waals surface area contributed by atoms with Gasteiger partial charge in [-0.25, -0.2) is 14.8 Å². The van der Waals surface area contributed by atoms with Crippen molar-refractivity contribution >= 4 is 35.2 Å². The molecular formula is C18H21ClN6O2. The number of piperazine rings is 1. The van der Waals surface area contributed by atoms with Crippen LogP contribution in [0.2, 0.25) is 5.02 Å². The number of urea groups is 1. The maximum Gasteiger partial charge on any atom is 0.318 e. The maximum atomic E-state index is 12.4.